The number of aliphatic hydroxyl groups excluding tert-OH is 1. The fourth-order valence-electron chi connectivity index (χ4n) is 2.42. The molecule has 0 spiro atoms. The monoisotopic (exact) mass is 240 g/mol. The first kappa shape index (κ1) is 11.6. The number of sulfone groups is 1. The van der Waals surface area contributed by atoms with Crippen molar-refractivity contribution in [1.29, 1.82) is 0 Å². The van der Waals surface area contributed by atoms with E-state index in [1.165, 1.54) is 0 Å². The molecule has 4 heteroatoms. The molecule has 1 aromatic carbocycles. The van der Waals surface area contributed by atoms with Crippen molar-refractivity contribution >= 4 is 9.84 Å². The molecule has 1 aliphatic rings. The van der Waals surface area contributed by atoms with E-state index in [1.807, 2.05) is 19.1 Å². The molecule has 0 aromatic heterocycles. The largest absolute Gasteiger partial charge is 0.396 e. The van der Waals surface area contributed by atoms with Gasteiger partial charge in [-0.25, -0.2) is 8.42 Å². The Morgan fingerprint density at radius 3 is 2.75 bits per heavy atom. The van der Waals surface area contributed by atoms with Crippen LogP contribution in [0.15, 0.2) is 29.2 Å². The van der Waals surface area contributed by atoms with Gasteiger partial charge in [-0.1, -0.05) is 31.5 Å². The number of hydrogen-bond donors (Lipinski definition) is 1. The standard InChI is InChI=1S/C12H16O3S/c1-2-9(7-13)11-8-16(14,15)12-6-4-3-5-10(11)12/h3-6,9,11,13H,2,7-8H2,1H3. The lowest BCUT2D eigenvalue weighted by Crippen LogP contribution is -2.17. The van der Waals surface area contributed by atoms with Crippen LogP contribution in [0.2, 0.25) is 0 Å². The third-order valence-electron chi connectivity index (χ3n) is 3.38. The molecule has 0 bridgehead atoms. The summed E-state index contributed by atoms with van der Waals surface area (Å²) in [6.07, 6.45) is 0.797. The van der Waals surface area contributed by atoms with E-state index in [4.69, 9.17) is 0 Å². The fourth-order valence-corrected chi connectivity index (χ4v) is 4.39. The summed E-state index contributed by atoms with van der Waals surface area (Å²) in [6, 6.07) is 7.13. The van der Waals surface area contributed by atoms with Crippen LogP contribution in [0.5, 0.6) is 0 Å². The molecule has 3 nitrogen and oxygen atoms in total. The summed E-state index contributed by atoms with van der Waals surface area (Å²) in [6.45, 7) is 2.03. The molecule has 1 aromatic rings. The quantitative estimate of drug-likeness (QED) is 0.872. The minimum atomic E-state index is -3.13. The van der Waals surface area contributed by atoms with Gasteiger partial charge in [0.25, 0.3) is 0 Å². The Bertz CT molecular complexity index is 475. The Balaban J connectivity index is 2.48. The second-order valence-electron chi connectivity index (χ2n) is 4.28. The summed E-state index contributed by atoms with van der Waals surface area (Å²) in [5.41, 5.74) is 0.878. The first-order valence-electron chi connectivity index (χ1n) is 5.52. The van der Waals surface area contributed by atoms with Gasteiger partial charge < -0.3 is 5.11 Å². The third kappa shape index (κ3) is 1.76. The Morgan fingerprint density at radius 2 is 2.12 bits per heavy atom. The summed E-state index contributed by atoms with van der Waals surface area (Å²) < 4.78 is 23.8. The van der Waals surface area contributed by atoms with Crippen molar-refractivity contribution in [1.82, 2.24) is 0 Å². The normalized spacial score (nSPS) is 24.0. The highest BCUT2D eigenvalue weighted by Crippen LogP contribution is 2.40. The topological polar surface area (TPSA) is 54.4 Å². The van der Waals surface area contributed by atoms with E-state index < -0.39 is 9.84 Å². The van der Waals surface area contributed by atoms with Crippen LogP contribution >= 0.6 is 0 Å². The second-order valence-corrected chi connectivity index (χ2v) is 6.28. The Hall–Kier alpha value is -0.870. The van der Waals surface area contributed by atoms with Gasteiger partial charge in [0.05, 0.1) is 10.6 Å². The van der Waals surface area contributed by atoms with Crippen LogP contribution in [-0.4, -0.2) is 25.9 Å². The van der Waals surface area contributed by atoms with Crippen molar-refractivity contribution in [2.24, 2.45) is 5.92 Å². The predicted octanol–water partition coefficient (Wildman–Crippen LogP) is 1.58. The van der Waals surface area contributed by atoms with Crippen molar-refractivity contribution in [3.63, 3.8) is 0 Å². The first-order chi connectivity index (χ1) is 7.60. The van der Waals surface area contributed by atoms with Gasteiger partial charge in [-0.2, -0.15) is 0 Å². The Labute approximate surface area is 96.0 Å². The molecule has 0 fully saturated rings. The SMILES string of the molecule is CCC(CO)C1CS(=O)(=O)c2ccccc21. The molecular formula is C12H16O3S. The van der Waals surface area contributed by atoms with Gasteiger partial charge in [-0.3, -0.25) is 0 Å². The zero-order valence-electron chi connectivity index (χ0n) is 9.26. The van der Waals surface area contributed by atoms with Crippen molar-refractivity contribution in [2.75, 3.05) is 12.4 Å². The smallest absolute Gasteiger partial charge is 0.179 e. The highest BCUT2D eigenvalue weighted by molar-refractivity contribution is 7.91. The van der Waals surface area contributed by atoms with Gasteiger partial charge >= 0.3 is 0 Å². The Kier molecular flexibility index (Phi) is 3.04. The molecule has 1 N–H and O–H groups in total. The van der Waals surface area contributed by atoms with Crippen LogP contribution < -0.4 is 0 Å². The lowest BCUT2D eigenvalue weighted by atomic mass is 9.86. The maximum absolute atomic E-state index is 11.9. The van der Waals surface area contributed by atoms with Gasteiger partial charge in [-0.05, 0) is 17.5 Å². The van der Waals surface area contributed by atoms with Crippen molar-refractivity contribution in [3.05, 3.63) is 29.8 Å². The summed E-state index contributed by atoms with van der Waals surface area (Å²) in [7, 11) is -3.13. The molecule has 0 amide bonds. The molecule has 0 saturated heterocycles. The van der Waals surface area contributed by atoms with Crippen molar-refractivity contribution in [2.45, 2.75) is 24.2 Å². The minimum Gasteiger partial charge on any atom is -0.396 e. The molecule has 1 aliphatic heterocycles. The van der Waals surface area contributed by atoms with Gasteiger partial charge in [0.15, 0.2) is 9.84 Å². The van der Waals surface area contributed by atoms with Gasteiger partial charge in [0, 0.05) is 12.5 Å². The average Bonchev–Trinajstić information content (AvgIpc) is 2.54. The predicted molar refractivity (Wildman–Crippen MR) is 62.1 cm³/mol. The first-order valence-corrected chi connectivity index (χ1v) is 7.18. The summed E-state index contributed by atoms with van der Waals surface area (Å²) >= 11 is 0. The van der Waals surface area contributed by atoms with E-state index in [-0.39, 0.29) is 24.2 Å². The van der Waals surface area contributed by atoms with Crippen molar-refractivity contribution < 1.29 is 13.5 Å². The van der Waals surface area contributed by atoms with E-state index in [0.29, 0.717) is 4.90 Å². The highest BCUT2D eigenvalue weighted by Gasteiger charge is 2.37. The molecule has 0 aliphatic carbocycles. The number of benzene rings is 1. The number of rotatable bonds is 3. The molecule has 2 atom stereocenters. The van der Waals surface area contributed by atoms with E-state index in [2.05, 4.69) is 0 Å². The molecular weight excluding hydrogens is 224 g/mol. The highest BCUT2D eigenvalue weighted by atomic mass is 32.2. The van der Waals surface area contributed by atoms with Crippen molar-refractivity contribution in [3.8, 4) is 0 Å². The van der Waals surface area contributed by atoms with Crippen LogP contribution in [-0.2, 0) is 9.84 Å². The number of hydrogen-bond acceptors (Lipinski definition) is 3. The van der Waals surface area contributed by atoms with Gasteiger partial charge in [0.2, 0.25) is 0 Å². The van der Waals surface area contributed by atoms with E-state index >= 15 is 0 Å². The van der Waals surface area contributed by atoms with Gasteiger partial charge in [-0.15, -0.1) is 0 Å². The molecule has 16 heavy (non-hydrogen) atoms. The maximum atomic E-state index is 11.9. The summed E-state index contributed by atoms with van der Waals surface area (Å²) in [5, 5.41) is 9.29. The summed E-state index contributed by atoms with van der Waals surface area (Å²) in [4.78, 5) is 0.451. The zero-order chi connectivity index (χ0) is 11.8. The van der Waals surface area contributed by atoms with Crippen LogP contribution in [0, 0.1) is 5.92 Å². The second kappa shape index (κ2) is 4.18. The minimum absolute atomic E-state index is 0.0402. The van der Waals surface area contributed by atoms with Crippen LogP contribution in [0.4, 0.5) is 0 Å². The number of fused-ring (bicyclic) bond motifs is 1. The summed E-state index contributed by atoms with van der Waals surface area (Å²) in [5.74, 6) is 0.139. The number of aliphatic hydroxyl groups is 1. The van der Waals surface area contributed by atoms with Crippen LogP contribution in [0.3, 0.4) is 0 Å². The molecule has 0 saturated carbocycles. The average molecular weight is 240 g/mol. The third-order valence-corrected chi connectivity index (χ3v) is 5.22. The molecule has 0 radical (unpaired) electrons. The van der Waals surface area contributed by atoms with Crippen LogP contribution in [0.25, 0.3) is 0 Å². The fraction of sp³-hybridized carbons (Fsp3) is 0.500. The van der Waals surface area contributed by atoms with E-state index in [1.54, 1.807) is 12.1 Å². The molecule has 1 heterocycles. The van der Waals surface area contributed by atoms with E-state index in [0.717, 1.165) is 12.0 Å². The Morgan fingerprint density at radius 1 is 1.44 bits per heavy atom. The zero-order valence-corrected chi connectivity index (χ0v) is 10.1. The molecule has 2 rings (SSSR count). The van der Waals surface area contributed by atoms with Gasteiger partial charge in [0.1, 0.15) is 0 Å². The molecule has 2 unspecified atom stereocenters. The maximum Gasteiger partial charge on any atom is 0.179 e. The van der Waals surface area contributed by atoms with E-state index in [9.17, 15) is 13.5 Å². The molecule has 88 valence electrons. The lowest BCUT2D eigenvalue weighted by molar-refractivity contribution is 0.205. The van der Waals surface area contributed by atoms with Crippen LogP contribution in [0.1, 0.15) is 24.8 Å². The lowest BCUT2D eigenvalue weighted by Gasteiger charge is -2.19.